The van der Waals surface area contributed by atoms with Gasteiger partial charge in [-0.15, -0.1) is 0 Å². The maximum atomic E-state index is 12.5. The van der Waals surface area contributed by atoms with Gasteiger partial charge in [-0.25, -0.2) is 4.98 Å². The van der Waals surface area contributed by atoms with E-state index in [2.05, 4.69) is 34.1 Å². The van der Waals surface area contributed by atoms with Gasteiger partial charge in [0.15, 0.2) is 6.61 Å². The molecular weight excluding hydrogens is 338 g/mol. The Morgan fingerprint density at radius 2 is 1.93 bits per heavy atom. The van der Waals surface area contributed by atoms with Crippen molar-refractivity contribution in [2.45, 2.75) is 39.3 Å². The number of carbonyl (C=O) groups excluding carboxylic acids is 1. The first-order chi connectivity index (χ1) is 13.0. The minimum atomic E-state index is 0.0123. The Kier molecular flexibility index (Phi) is 6.45. The van der Waals surface area contributed by atoms with Crippen LogP contribution in [0.15, 0.2) is 42.6 Å². The molecule has 1 amide bonds. The molecule has 27 heavy (non-hydrogen) atoms. The number of hydrogen-bond donors (Lipinski definition) is 0. The van der Waals surface area contributed by atoms with Crippen LogP contribution in [0.3, 0.4) is 0 Å². The molecule has 3 rings (SSSR count). The highest BCUT2D eigenvalue weighted by atomic mass is 16.5. The fourth-order valence-electron chi connectivity index (χ4n) is 3.60. The maximum Gasteiger partial charge on any atom is 0.260 e. The molecular formula is C22H29N3O2. The molecule has 0 N–H and O–H groups in total. The quantitative estimate of drug-likeness (QED) is 0.787. The number of pyridine rings is 1. The largest absolute Gasteiger partial charge is 0.467 e. The summed E-state index contributed by atoms with van der Waals surface area (Å²) in [7, 11) is 1.89. The molecule has 1 saturated heterocycles. The zero-order chi connectivity index (χ0) is 19.2. The summed E-state index contributed by atoms with van der Waals surface area (Å²) in [5.41, 5.74) is 3.39. The normalized spacial score (nSPS) is 15.5. The van der Waals surface area contributed by atoms with Crippen LogP contribution in [0.25, 0.3) is 0 Å². The second kappa shape index (κ2) is 9.00. The van der Waals surface area contributed by atoms with E-state index in [0.717, 1.165) is 43.6 Å². The van der Waals surface area contributed by atoms with Crippen molar-refractivity contribution in [1.29, 1.82) is 0 Å². The first kappa shape index (κ1) is 19.4. The lowest BCUT2D eigenvalue weighted by Crippen LogP contribution is -2.46. The molecule has 1 aromatic heterocycles. The highest BCUT2D eigenvalue weighted by Gasteiger charge is 2.25. The molecule has 0 unspecified atom stereocenters. The van der Waals surface area contributed by atoms with Crippen molar-refractivity contribution in [2.75, 3.05) is 26.7 Å². The molecule has 2 heterocycles. The Labute approximate surface area is 162 Å². The number of aromatic nitrogens is 1. The number of likely N-dealkylation sites (tertiary alicyclic amines) is 1. The third kappa shape index (κ3) is 5.30. The summed E-state index contributed by atoms with van der Waals surface area (Å²) in [5, 5.41) is 0. The summed E-state index contributed by atoms with van der Waals surface area (Å²) >= 11 is 0. The fourth-order valence-corrected chi connectivity index (χ4v) is 3.60. The Bertz CT molecular complexity index is 755. The van der Waals surface area contributed by atoms with E-state index in [4.69, 9.17) is 4.74 Å². The molecule has 2 aromatic rings. The molecule has 5 nitrogen and oxygen atoms in total. The van der Waals surface area contributed by atoms with E-state index in [0.29, 0.717) is 5.88 Å². The molecule has 1 aliphatic rings. The number of aryl methyl sites for hydroxylation is 2. The lowest BCUT2D eigenvalue weighted by atomic mass is 10.0. The predicted octanol–water partition coefficient (Wildman–Crippen LogP) is 3.20. The zero-order valence-electron chi connectivity index (χ0n) is 16.5. The van der Waals surface area contributed by atoms with Crippen LogP contribution in [0.5, 0.6) is 5.88 Å². The van der Waals surface area contributed by atoms with Crippen LogP contribution in [-0.4, -0.2) is 53.5 Å². The minimum Gasteiger partial charge on any atom is -0.467 e. The van der Waals surface area contributed by atoms with E-state index in [9.17, 15) is 4.79 Å². The third-order valence-electron chi connectivity index (χ3n) is 5.25. The van der Waals surface area contributed by atoms with Crippen molar-refractivity contribution in [3.8, 4) is 5.88 Å². The van der Waals surface area contributed by atoms with E-state index < -0.39 is 0 Å². The van der Waals surface area contributed by atoms with Gasteiger partial charge >= 0.3 is 0 Å². The van der Waals surface area contributed by atoms with Gasteiger partial charge in [0.25, 0.3) is 5.91 Å². The summed E-state index contributed by atoms with van der Waals surface area (Å²) in [4.78, 5) is 21.1. The van der Waals surface area contributed by atoms with Crippen LogP contribution >= 0.6 is 0 Å². The van der Waals surface area contributed by atoms with E-state index in [-0.39, 0.29) is 18.6 Å². The van der Waals surface area contributed by atoms with Crippen LogP contribution < -0.4 is 4.74 Å². The number of nitrogens with zero attached hydrogens (tertiary/aromatic N) is 3. The highest BCUT2D eigenvalue weighted by molar-refractivity contribution is 5.77. The van der Waals surface area contributed by atoms with E-state index in [1.54, 1.807) is 6.20 Å². The molecule has 1 fully saturated rings. The fraction of sp³-hybridized carbons (Fsp3) is 0.455. The Morgan fingerprint density at radius 3 is 2.59 bits per heavy atom. The van der Waals surface area contributed by atoms with Crippen LogP contribution in [0.2, 0.25) is 0 Å². The van der Waals surface area contributed by atoms with Gasteiger partial charge in [-0.1, -0.05) is 30.3 Å². The first-order valence-electron chi connectivity index (χ1n) is 9.61. The van der Waals surface area contributed by atoms with E-state index in [1.807, 2.05) is 37.9 Å². The first-order valence-corrected chi connectivity index (χ1v) is 9.61. The SMILES string of the molecule is Cc1cnc(OCC(=O)N(C)C2CCN(Cc3ccccc3)CC2)c(C)c1. The van der Waals surface area contributed by atoms with E-state index >= 15 is 0 Å². The summed E-state index contributed by atoms with van der Waals surface area (Å²) in [5.74, 6) is 0.554. The summed E-state index contributed by atoms with van der Waals surface area (Å²) in [6, 6.07) is 12.8. The Balaban J connectivity index is 1.45. The van der Waals surface area contributed by atoms with E-state index in [1.165, 1.54) is 5.56 Å². The number of hydrogen-bond acceptors (Lipinski definition) is 4. The predicted molar refractivity (Wildman–Crippen MR) is 107 cm³/mol. The van der Waals surface area contributed by atoms with Crippen molar-refractivity contribution >= 4 is 5.91 Å². The molecule has 0 atom stereocenters. The van der Waals surface area contributed by atoms with Gasteiger partial charge in [-0.3, -0.25) is 9.69 Å². The molecule has 0 spiro atoms. The Hall–Kier alpha value is -2.40. The van der Waals surface area contributed by atoms with Crippen LogP contribution in [0.1, 0.15) is 29.5 Å². The van der Waals surface area contributed by atoms with Gasteiger partial charge in [0, 0.05) is 44.5 Å². The summed E-state index contributed by atoms with van der Waals surface area (Å²) in [6.45, 7) is 6.98. The second-order valence-corrected chi connectivity index (χ2v) is 7.42. The molecule has 0 bridgehead atoms. The molecule has 5 heteroatoms. The lowest BCUT2D eigenvalue weighted by Gasteiger charge is -2.36. The second-order valence-electron chi connectivity index (χ2n) is 7.42. The van der Waals surface area contributed by atoms with Gasteiger partial charge in [-0.2, -0.15) is 0 Å². The number of benzene rings is 1. The molecule has 0 saturated carbocycles. The number of ether oxygens (including phenoxy) is 1. The number of carbonyl (C=O) groups is 1. The molecule has 0 radical (unpaired) electrons. The summed E-state index contributed by atoms with van der Waals surface area (Å²) < 4.78 is 5.65. The highest BCUT2D eigenvalue weighted by Crippen LogP contribution is 2.19. The van der Waals surface area contributed by atoms with Crippen molar-refractivity contribution in [3.05, 3.63) is 59.3 Å². The number of rotatable bonds is 6. The number of likely N-dealkylation sites (N-methyl/N-ethyl adjacent to an activating group) is 1. The number of piperidine rings is 1. The molecule has 1 aliphatic heterocycles. The average Bonchev–Trinajstić information content (AvgIpc) is 2.68. The van der Waals surface area contributed by atoms with Crippen molar-refractivity contribution in [2.24, 2.45) is 0 Å². The van der Waals surface area contributed by atoms with Gasteiger partial charge in [-0.05, 0) is 43.9 Å². The third-order valence-corrected chi connectivity index (χ3v) is 5.25. The molecule has 1 aromatic carbocycles. The maximum absolute atomic E-state index is 12.5. The van der Waals surface area contributed by atoms with Crippen LogP contribution in [0.4, 0.5) is 0 Å². The van der Waals surface area contributed by atoms with Crippen molar-refractivity contribution in [3.63, 3.8) is 0 Å². The van der Waals surface area contributed by atoms with Gasteiger partial charge < -0.3 is 9.64 Å². The molecule has 0 aliphatic carbocycles. The standard InChI is InChI=1S/C22H29N3O2/c1-17-13-18(2)22(23-14-17)27-16-21(26)24(3)20-9-11-25(12-10-20)15-19-7-5-4-6-8-19/h4-8,13-14,20H,9-12,15-16H2,1-3H3. The monoisotopic (exact) mass is 367 g/mol. The van der Waals surface area contributed by atoms with Gasteiger partial charge in [0.2, 0.25) is 5.88 Å². The topological polar surface area (TPSA) is 45.7 Å². The summed E-state index contributed by atoms with van der Waals surface area (Å²) in [6.07, 6.45) is 3.76. The molecule has 144 valence electrons. The van der Waals surface area contributed by atoms with Crippen LogP contribution in [0, 0.1) is 13.8 Å². The Morgan fingerprint density at radius 1 is 1.22 bits per heavy atom. The van der Waals surface area contributed by atoms with Gasteiger partial charge in [0.1, 0.15) is 0 Å². The zero-order valence-corrected chi connectivity index (χ0v) is 16.5. The minimum absolute atomic E-state index is 0.0123. The van der Waals surface area contributed by atoms with Gasteiger partial charge in [0.05, 0.1) is 0 Å². The van der Waals surface area contributed by atoms with Crippen LogP contribution in [-0.2, 0) is 11.3 Å². The number of amides is 1. The van der Waals surface area contributed by atoms with Crippen molar-refractivity contribution in [1.82, 2.24) is 14.8 Å². The van der Waals surface area contributed by atoms with Crippen molar-refractivity contribution < 1.29 is 9.53 Å². The lowest BCUT2D eigenvalue weighted by molar-refractivity contribution is -0.135. The average molecular weight is 367 g/mol. The smallest absolute Gasteiger partial charge is 0.260 e.